The van der Waals surface area contributed by atoms with Crippen LogP contribution in [0.1, 0.15) is 90.0 Å². The van der Waals surface area contributed by atoms with Crippen molar-refractivity contribution in [3.63, 3.8) is 0 Å². The molecule has 41 heavy (non-hydrogen) atoms. The molecule has 0 aromatic heterocycles. The second kappa shape index (κ2) is 13.2. The first-order valence-electron chi connectivity index (χ1n) is 15.4. The van der Waals surface area contributed by atoms with Crippen molar-refractivity contribution >= 4 is 47.6 Å². The van der Waals surface area contributed by atoms with Crippen LogP contribution < -0.4 is 4.74 Å². The lowest BCUT2D eigenvalue weighted by Crippen LogP contribution is -2.46. The third-order valence-corrected chi connectivity index (χ3v) is 10.5. The molecule has 9 heteroatoms. The van der Waals surface area contributed by atoms with Gasteiger partial charge in [-0.05, 0) is 103 Å². The van der Waals surface area contributed by atoms with Crippen molar-refractivity contribution in [2.45, 2.75) is 103 Å². The molecule has 2 N–H and O–H groups in total. The van der Waals surface area contributed by atoms with Gasteiger partial charge in [-0.15, -0.1) is 0 Å². The molecule has 2 heterocycles. The zero-order valence-corrected chi connectivity index (χ0v) is 26.7. The Kier molecular flexibility index (Phi) is 9.86. The zero-order valence-electron chi connectivity index (χ0n) is 24.5. The first kappa shape index (κ1) is 30.6. The highest BCUT2D eigenvalue weighted by molar-refractivity contribution is 14.1. The van der Waals surface area contributed by atoms with Crippen LogP contribution in [-0.2, 0) is 14.2 Å². The predicted octanol–water partition coefficient (Wildman–Crippen LogP) is 6.51. The van der Waals surface area contributed by atoms with Crippen molar-refractivity contribution in [3.05, 3.63) is 38.0 Å². The quantitative estimate of drug-likeness (QED) is 0.134. The molecule has 0 bridgehead atoms. The molecule has 4 atom stereocenters. The van der Waals surface area contributed by atoms with Crippen LogP contribution in [0.25, 0.3) is 6.08 Å². The van der Waals surface area contributed by atoms with Crippen molar-refractivity contribution in [3.8, 4) is 11.5 Å². The SMILES string of the molecule is CCC/C(=C\c1cc(I)c(O)c(OC)c1)CC[C@H]1OB(O)C[C@H]2C1=C(CC)C[C@H]1C(=O)N(C3CCCCC3)C(=O)[C@H]12. The van der Waals surface area contributed by atoms with E-state index >= 15 is 0 Å². The fourth-order valence-electron chi connectivity index (χ4n) is 7.80. The van der Waals surface area contributed by atoms with Gasteiger partial charge >= 0.3 is 7.12 Å². The molecule has 1 aromatic rings. The van der Waals surface area contributed by atoms with Crippen LogP contribution in [0, 0.1) is 21.3 Å². The third-order valence-electron chi connectivity index (χ3n) is 9.65. The van der Waals surface area contributed by atoms with Crippen molar-refractivity contribution in [1.29, 1.82) is 0 Å². The molecule has 2 aliphatic heterocycles. The van der Waals surface area contributed by atoms with Gasteiger partial charge in [0.25, 0.3) is 0 Å². The third kappa shape index (κ3) is 6.14. The topological polar surface area (TPSA) is 96.3 Å². The summed E-state index contributed by atoms with van der Waals surface area (Å²) >= 11 is 2.12. The Balaban J connectivity index is 1.40. The number of benzene rings is 1. The summed E-state index contributed by atoms with van der Waals surface area (Å²) in [6.45, 7) is 4.29. The molecule has 1 aromatic carbocycles. The number of ether oxygens (including phenoxy) is 1. The summed E-state index contributed by atoms with van der Waals surface area (Å²) in [6, 6.07) is 3.83. The normalized spacial score (nSPS) is 27.4. The lowest BCUT2D eigenvalue weighted by atomic mass is 9.58. The van der Waals surface area contributed by atoms with E-state index in [1.54, 1.807) is 12.0 Å². The molecule has 2 saturated heterocycles. The van der Waals surface area contributed by atoms with Gasteiger partial charge in [0.05, 0.1) is 28.6 Å². The van der Waals surface area contributed by atoms with Gasteiger partial charge in [0.2, 0.25) is 11.8 Å². The van der Waals surface area contributed by atoms with E-state index < -0.39 is 7.12 Å². The number of fused-ring (bicyclic) bond motifs is 3. The maximum atomic E-state index is 13.9. The van der Waals surface area contributed by atoms with E-state index in [0.717, 1.165) is 60.5 Å². The maximum absolute atomic E-state index is 13.9. The van der Waals surface area contributed by atoms with Gasteiger partial charge in [-0.25, -0.2) is 0 Å². The van der Waals surface area contributed by atoms with E-state index in [2.05, 4.69) is 42.5 Å². The van der Waals surface area contributed by atoms with Crippen molar-refractivity contribution in [2.75, 3.05) is 7.11 Å². The number of methoxy groups -OCH3 is 1. The second-order valence-electron chi connectivity index (χ2n) is 12.2. The van der Waals surface area contributed by atoms with Crippen molar-refractivity contribution in [1.82, 2.24) is 4.90 Å². The number of amides is 2. The summed E-state index contributed by atoms with van der Waals surface area (Å²) in [5.74, 6) is -0.234. The average Bonchev–Trinajstić information content (AvgIpc) is 3.22. The Bertz CT molecular complexity index is 1220. The molecule has 222 valence electrons. The number of allylic oxidation sites excluding steroid dienone is 2. The molecular formula is C32H43BINO6. The standard InChI is InChI=1S/C32H43BINO6/c1-4-9-19(14-20-15-25(34)30(36)27(16-20)40-3)12-13-26-28-21(5-2)17-23-29(24(28)18-33(39)41-26)32(38)35(31(23)37)22-10-7-6-8-11-22/h14-16,22-24,26,29,36,39H,4-13,17-18H2,1-3H3/b19-14+/t23-,24+,26-,29-/m1/s1. The van der Waals surface area contributed by atoms with Gasteiger partial charge in [-0.2, -0.15) is 0 Å². The summed E-state index contributed by atoms with van der Waals surface area (Å²) in [7, 11) is 0.609. The van der Waals surface area contributed by atoms with Gasteiger partial charge in [0, 0.05) is 6.04 Å². The fraction of sp³-hybridized carbons (Fsp3) is 0.625. The van der Waals surface area contributed by atoms with Crippen LogP contribution in [-0.4, -0.2) is 53.2 Å². The minimum atomic E-state index is -0.946. The summed E-state index contributed by atoms with van der Waals surface area (Å²) in [4.78, 5) is 29.2. The number of carbonyl (C=O) groups is 2. The molecule has 3 fully saturated rings. The Morgan fingerprint density at radius 2 is 1.90 bits per heavy atom. The average molecular weight is 675 g/mol. The van der Waals surface area contributed by atoms with E-state index in [0.29, 0.717) is 24.9 Å². The monoisotopic (exact) mass is 675 g/mol. The van der Waals surface area contributed by atoms with Gasteiger partial charge in [-0.3, -0.25) is 14.5 Å². The Morgan fingerprint density at radius 1 is 1.15 bits per heavy atom. The number of carbonyl (C=O) groups excluding carboxylic acids is 2. The molecule has 0 unspecified atom stereocenters. The Labute approximate surface area is 258 Å². The largest absolute Gasteiger partial charge is 0.504 e. The number of hydrogen-bond donors (Lipinski definition) is 2. The molecule has 1 saturated carbocycles. The van der Waals surface area contributed by atoms with Crippen molar-refractivity contribution < 1.29 is 29.1 Å². The first-order valence-corrected chi connectivity index (χ1v) is 16.5. The molecule has 4 aliphatic rings. The van der Waals surface area contributed by atoms with Gasteiger partial charge in [-0.1, -0.05) is 56.8 Å². The van der Waals surface area contributed by atoms with Gasteiger partial charge in [0.1, 0.15) is 0 Å². The van der Waals surface area contributed by atoms with Crippen LogP contribution >= 0.6 is 22.6 Å². The Morgan fingerprint density at radius 3 is 2.59 bits per heavy atom. The number of aromatic hydroxyl groups is 1. The van der Waals surface area contributed by atoms with Crippen LogP contribution in [0.15, 0.2) is 28.9 Å². The smallest absolute Gasteiger partial charge is 0.455 e. The minimum Gasteiger partial charge on any atom is -0.504 e. The minimum absolute atomic E-state index is 0.0140. The molecule has 2 aliphatic carbocycles. The van der Waals surface area contributed by atoms with Gasteiger partial charge < -0.3 is 19.5 Å². The number of hydrogen-bond acceptors (Lipinski definition) is 6. The highest BCUT2D eigenvalue weighted by Gasteiger charge is 2.58. The van der Waals surface area contributed by atoms with E-state index in [9.17, 15) is 19.7 Å². The number of phenols is 1. The lowest BCUT2D eigenvalue weighted by molar-refractivity contribution is -0.143. The molecule has 0 radical (unpaired) electrons. The fourth-order valence-corrected chi connectivity index (χ4v) is 8.43. The number of phenolic OH excluding ortho intramolecular Hbond substituents is 1. The molecule has 7 nitrogen and oxygen atoms in total. The van der Waals surface area contributed by atoms with Crippen LogP contribution in [0.5, 0.6) is 11.5 Å². The van der Waals surface area contributed by atoms with E-state index in [4.69, 9.17) is 9.39 Å². The number of rotatable bonds is 9. The summed E-state index contributed by atoms with van der Waals surface area (Å²) in [5.41, 5.74) is 4.64. The summed E-state index contributed by atoms with van der Waals surface area (Å²) < 4.78 is 12.3. The van der Waals surface area contributed by atoms with Crippen LogP contribution in [0.4, 0.5) is 0 Å². The summed E-state index contributed by atoms with van der Waals surface area (Å²) in [6.07, 6.45) is 12.3. The van der Waals surface area contributed by atoms with Crippen LogP contribution in [0.3, 0.4) is 0 Å². The van der Waals surface area contributed by atoms with Gasteiger partial charge in [0.15, 0.2) is 11.5 Å². The maximum Gasteiger partial charge on any atom is 0.455 e. The van der Waals surface area contributed by atoms with E-state index in [1.165, 1.54) is 23.1 Å². The molecule has 0 spiro atoms. The molecule has 2 amide bonds. The van der Waals surface area contributed by atoms with Crippen molar-refractivity contribution in [2.24, 2.45) is 17.8 Å². The number of halogens is 1. The number of likely N-dealkylation sites (tertiary alicyclic amines) is 1. The lowest BCUT2D eigenvalue weighted by Gasteiger charge is -2.43. The zero-order chi connectivity index (χ0) is 29.3. The molecular weight excluding hydrogens is 632 g/mol. The Hall–Kier alpha value is -1.85. The number of imide groups is 1. The predicted molar refractivity (Wildman–Crippen MR) is 168 cm³/mol. The van der Waals surface area contributed by atoms with E-state index in [1.807, 2.05) is 12.1 Å². The highest BCUT2D eigenvalue weighted by Crippen LogP contribution is 2.52. The summed E-state index contributed by atoms with van der Waals surface area (Å²) in [5, 5.41) is 21.1. The molecule has 5 rings (SSSR count). The van der Waals surface area contributed by atoms with E-state index in [-0.39, 0.29) is 47.5 Å². The second-order valence-corrected chi connectivity index (χ2v) is 13.3. The number of nitrogens with zero attached hydrogens (tertiary/aromatic N) is 1. The van der Waals surface area contributed by atoms with Crippen LogP contribution in [0.2, 0.25) is 6.32 Å². The first-order chi connectivity index (χ1) is 19.8. The highest BCUT2D eigenvalue weighted by atomic mass is 127.